The lowest BCUT2D eigenvalue weighted by molar-refractivity contribution is -0.139. The van der Waals surface area contributed by atoms with Crippen molar-refractivity contribution in [2.75, 3.05) is 12.0 Å². The van der Waals surface area contributed by atoms with E-state index in [0.717, 1.165) is 0 Å². The number of rotatable bonds is 7. The van der Waals surface area contributed by atoms with E-state index in [-0.39, 0.29) is 6.54 Å². The van der Waals surface area contributed by atoms with Crippen molar-refractivity contribution in [1.29, 1.82) is 0 Å². The van der Waals surface area contributed by atoms with Gasteiger partial charge < -0.3 is 15.7 Å². The number of aliphatic carboxylic acids is 1. The molecule has 1 heterocycles. The number of carboxylic acid groups (broad SMARTS) is 1. The van der Waals surface area contributed by atoms with E-state index in [1.807, 2.05) is 6.26 Å². The molecule has 0 aliphatic heterocycles. The zero-order valence-electron chi connectivity index (χ0n) is 10.7. The molecule has 106 valence electrons. The molecular formula is C9H16N6O3S. The molecular weight excluding hydrogens is 272 g/mol. The van der Waals surface area contributed by atoms with Crippen LogP contribution in [0.5, 0.6) is 0 Å². The maximum atomic E-state index is 11.5. The Bertz CT molecular complexity index is 437. The van der Waals surface area contributed by atoms with E-state index < -0.39 is 18.0 Å². The van der Waals surface area contributed by atoms with Crippen LogP contribution in [0.15, 0.2) is 0 Å². The van der Waals surface area contributed by atoms with Crippen LogP contribution in [0.1, 0.15) is 12.2 Å². The summed E-state index contributed by atoms with van der Waals surface area (Å²) >= 11 is 1.52. The van der Waals surface area contributed by atoms with Gasteiger partial charge in [0.05, 0.1) is 13.6 Å². The highest BCUT2D eigenvalue weighted by molar-refractivity contribution is 7.98. The van der Waals surface area contributed by atoms with Gasteiger partial charge in [-0.1, -0.05) is 0 Å². The lowest BCUT2D eigenvalue weighted by atomic mass is 10.2. The molecule has 1 atom stereocenters. The molecule has 0 aliphatic carbocycles. The predicted octanol–water partition coefficient (Wildman–Crippen LogP) is -0.784. The fourth-order valence-corrected chi connectivity index (χ4v) is 1.73. The number of amides is 2. The monoisotopic (exact) mass is 288 g/mol. The van der Waals surface area contributed by atoms with E-state index in [9.17, 15) is 9.59 Å². The van der Waals surface area contributed by atoms with Gasteiger partial charge in [0.2, 0.25) is 0 Å². The van der Waals surface area contributed by atoms with Gasteiger partial charge in [0.15, 0.2) is 5.82 Å². The SMILES string of the molecule is CSCCC(NC(=O)NCc1nnn(C)n1)C(=O)O. The number of urea groups is 1. The molecule has 1 rings (SSSR count). The molecule has 10 heteroatoms. The molecule has 0 radical (unpaired) electrons. The second-order valence-electron chi connectivity index (χ2n) is 3.69. The van der Waals surface area contributed by atoms with Crippen molar-refractivity contribution < 1.29 is 14.7 Å². The number of nitrogens with one attached hydrogen (secondary N) is 2. The molecule has 1 unspecified atom stereocenters. The molecule has 9 nitrogen and oxygen atoms in total. The van der Waals surface area contributed by atoms with Crippen LogP contribution in [-0.4, -0.2) is 55.4 Å². The lowest BCUT2D eigenvalue weighted by Gasteiger charge is -2.13. The third-order valence-corrected chi connectivity index (χ3v) is 2.81. The largest absolute Gasteiger partial charge is 0.480 e. The summed E-state index contributed by atoms with van der Waals surface area (Å²) in [6.45, 7) is 0.0918. The molecule has 0 aliphatic rings. The Kier molecular flexibility index (Phi) is 6.06. The molecule has 0 fully saturated rings. The molecule has 3 N–H and O–H groups in total. The number of tetrazole rings is 1. The van der Waals surface area contributed by atoms with Crippen LogP contribution in [0.3, 0.4) is 0 Å². The van der Waals surface area contributed by atoms with Crippen molar-refractivity contribution in [3.63, 3.8) is 0 Å². The summed E-state index contributed by atoms with van der Waals surface area (Å²) in [6.07, 6.45) is 2.24. The van der Waals surface area contributed by atoms with E-state index in [1.165, 1.54) is 16.6 Å². The third-order valence-electron chi connectivity index (χ3n) is 2.17. The van der Waals surface area contributed by atoms with Crippen molar-refractivity contribution in [1.82, 2.24) is 30.8 Å². The average Bonchev–Trinajstić information content (AvgIpc) is 2.77. The number of hydrogen-bond donors (Lipinski definition) is 3. The zero-order chi connectivity index (χ0) is 14.3. The second kappa shape index (κ2) is 7.56. The zero-order valence-corrected chi connectivity index (χ0v) is 11.5. The van der Waals surface area contributed by atoms with E-state index >= 15 is 0 Å². The first-order chi connectivity index (χ1) is 9.02. The van der Waals surface area contributed by atoms with Crippen LogP contribution in [0.2, 0.25) is 0 Å². The van der Waals surface area contributed by atoms with Gasteiger partial charge in [0, 0.05) is 0 Å². The summed E-state index contributed by atoms with van der Waals surface area (Å²) in [7, 11) is 1.61. The van der Waals surface area contributed by atoms with Crippen molar-refractivity contribution in [3.05, 3.63) is 5.82 Å². The minimum Gasteiger partial charge on any atom is -0.480 e. The van der Waals surface area contributed by atoms with E-state index in [1.54, 1.807) is 7.05 Å². The molecule has 1 aromatic rings. The molecule has 0 saturated carbocycles. The van der Waals surface area contributed by atoms with Crippen LogP contribution in [-0.2, 0) is 18.4 Å². The van der Waals surface area contributed by atoms with Gasteiger partial charge in [0.1, 0.15) is 6.04 Å². The highest BCUT2D eigenvalue weighted by atomic mass is 32.2. The smallest absolute Gasteiger partial charge is 0.326 e. The fraction of sp³-hybridized carbons (Fsp3) is 0.667. The number of aromatic nitrogens is 4. The van der Waals surface area contributed by atoms with Gasteiger partial charge in [-0.05, 0) is 23.6 Å². The van der Waals surface area contributed by atoms with Gasteiger partial charge in [0.25, 0.3) is 0 Å². The number of hydrogen-bond acceptors (Lipinski definition) is 6. The number of carboxylic acids is 1. The molecule has 0 saturated heterocycles. The van der Waals surface area contributed by atoms with Crippen molar-refractivity contribution >= 4 is 23.8 Å². The first kappa shape index (κ1) is 15.2. The Balaban J connectivity index is 2.37. The summed E-state index contributed by atoms with van der Waals surface area (Å²) in [6, 6.07) is -1.47. The molecule has 2 amide bonds. The standard InChI is InChI=1S/C9H16N6O3S/c1-15-13-7(12-14-15)5-10-9(18)11-6(8(16)17)3-4-19-2/h6H,3-5H2,1-2H3,(H,16,17)(H2,10,11,18). The number of carbonyl (C=O) groups excluding carboxylic acids is 1. The van der Waals surface area contributed by atoms with Gasteiger partial charge in [-0.2, -0.15) is 16.6 Å². The van der Waals surface area contributed by atoms with Gasteiger partial charge in [-0.15, -0.1) is 10.2 Å². The van der Waals surface area contributed by atoms with Gasteiger partial charge in [-0.3, -0.25) is 0 Å². The Hall–Kier alpha value is -1.84. The minimum atomic E-state index is -1.05. The summed E-state index contributed by atoms with van der Waals surface area (Å²) in [5, 5.41) is 25.0. The van der Waals surface area contributed by atoms with Crippen molar-refractivity contribution in [2.45, 2.75) is 19.0 Å². The first-order valence-electron chi connectivity index (χ1n) is 5.52. The van der Waals surface area contributed by atoms with Gasteiger partial charge in [-0.25, -0.2) is 9.59 Å². The summed E-state index contributed by atoms with van der Waals surface area (Å²) < 4.78 is 0. The number of nitrogens with zero attached hydrogens (tertiary/aromatic N) is 4. The lowest BCUT2D eigenvalue weighted by Crippen LogP contribution is -2.46. The molecule has 1 aromatic heterocycles. The van der Waals surface area contributed by atoms with Crippen molar-refractivity contribution in [2.24, 2.45) is 7.05 Å². The van der Waals surface area contributed by atoms with Crippen LogP contribution in [0, 0.1) is 0 Å². The molecule has 0 spiro atoms. The Labute approximate surface area is 114 Å². The van der Waals surface area contributed by atoms with E-state index in [0.29, 0.717) is 18.0 Å². The highest BCUT2D eigenvalue weighted by Crippen LogP contribution is 2.00. The summed E-state index contributed by atoms with van der Waals surface area (Å²) in [5.74, 6) is -0.0429. The van der Waals surface area contributed by atoms with Crippen LogP contribution in [0.25, 0.3) is 0 Å². The Morgan fingerprint density at radius 1 is 1.53 bits per heavy atom. The maximum Gasteiger partial charge on any atom is 0.326 e. The highest BCUT2D eigenvalue weighted by Gasteiger charge is 2.19. The summed E-state index contributed by atoms with van der Waals surface area (Å²) in [5.41, 5.74) is 0. The van der Waals surface area contributed by atoms with Gasteiger partial charge >= 0.3 is 12.0 Å². The van der Waals surface area contributed by atoms with Crippen LogP contribution < -0.4 is 10.6 Å². The number of carbonyl (C=O) groups is 2. The van der Waals surface area contributed by atoms with E-state index in [2.05, 4.69) is 26.0 Å². The molecule has 0 bridgehead atoms. The maximum absolute atomic E-state index is 11.5. The minimum absolute atomic E-state index is 0.0918. The molecule has 0 aromatic carbocycles. The first-order valence-corrected chi connectivity index (χ1v) is 6.91. The van der Waals surface area contributed by atoms with Crippen LogP contribution >= 0.6 is 11.8 Å². The number of aryl methyl sites for hydroxylation is 1. The predicted molar refractivity (Wildman–Crippen MR) is 68.6 cm³/mol. The number of thioether (sulfide) groups is 1. The molecule has 19 heavy (non-hydrogen) atoms. The third kappa shape index (κ3) is 5.55. The van der Waals surface area contributed by atoms with Crippen molar-refractivity contribution in [3.8, 4) is 0 Å². The Morgan fingerprint density at radius 3 is 2.79 bits per heavy atom. The van der Waals surface area contributed by atoms with Crippen LogP contribution in [0.4, 0.5) is 4.79 Å². The normalized spacial score (nSPS) is 11.9. The average molecular weight is 288 g/mol. The fourth-order valence-electron chi connectivity index (χ4n) is 1.26. The van der Waals surface area contributed by atoms with E-state index in [4.69, 9.17) is 5.11 Å². The Morgan fingerprint density at radius 2 is 2.26 bits per heavy atom. The summed E-state index contributed by atoms with van der Waals surface area (Å²) in [4.78, 5) is 23.7. The second-order valence-corrected chi connectivity index (χ2v) is 4.68. The topological polar surface area (TPSA) is 122 Å². The quantitative estimate of drug-likeness (QED) is 0.601.